The number of aromatic nitrogens is 2. The molecule has 0 bridgehead atoms. The van der Waals surface area contributed by atoms with Gasteiger partial charge < -0.3 is 9.58 Å². The number of halogens is 1. The Kier molecular flexibility index (Phi) is 4.52. The number of hydrogen-bond acceptors (Lipinski definition) is 3. The second-order valence-electron chi connectivity index (χ2n) is 6.49. The maximum Gasteiger partial charge on any atom is 0.419 e. The zero-order valence-corrected chi connectivity index (χ0v) is 16.2. The summed E-state index contributed by atoms with van der Waals surface area (Å²) >= 11 is 2.17. The first-order valence-corrected chi connectivity index (χ1v) is 8.77. The van der Waals surface area contributed by atoms with Crippen molar-refractivity contribution in [3.8, 4) is 11.3 Å². The first kappa shape index (κ1) is 17.4. The Morgan fingerprint density at radius 2 is 1.88 bits per heavy atom. The van der Waals surface area contributed by atoms with E-state index < -0.39 is 11.7 Å². The molecular formula is C19H16IN3O2. The largest absolute Gasteiger partial charge is 0.443 e. The molecule has 126 valence electrons. The van der Waals surface area contributed by atoms with Crippen molar-refractivity contribution in [1.82, 2.24) is 9.55 Å². The fourth-order valence-corrected chi connectivity index (χ4v) is 3.48. The van der Waals surface area contributed by atoms with E-state index >= 15 is 0 Å². The molecule has 6 heteroatoms. The van der Waals surface area contributed by atoms with Crippen molar-refractivity contribution in [2.75, 3.05) is 0 Å². The van der Waals surface area contributed by atoms with Gasteiger partial charge in [0.25, 0.3) is 5.82 Å². The number of pyridine rings is 1. The number of ether oxygens (including phenoxy) is 1. The molecule has 0 N–H and O–H groups in total. The van der Waals surface area contributed by atoms with Gasteiger partial charge in [-0.3, -0.25) is 0 Å². The van der Waals surface area contributed by atoms with Crippen LogP contribution >= 0.6 is 22.6 Å². The van der Waals surface area contributed by atoms with Crippen LogP contribution in [0.25, 0.3) is 27.1 Å². The van der Waals surface area contributed by atoms with Gasteiger partial charge in [0.05, 0.1) is 9.26 Å². The fourth-order valence-electron chi connectivity index (χ4n) is 2.53. The number of carbonyl (C=O) groups excluding carboxylic acids is 1. The predicted octanol–water partition coefficient (Wildman–Crippen LogP) is 5.64. The Morgan fingerprint density at radius 3 is 2.48 bits per heavy atom. The second-order valence-corrected chi connectivity index (χ2v) is 7.57. The highest BCUT2D eigenvalue weighted by molar-refractivity contribution is 14.1. The van der Waals surface area contributed by atoms with Crippen molar-refractivity contribution in [1.29, 1.82) is 0 Å². The summed E-state index contributed by atoms with van der Waals surface area (Å²) < 4.78 is 7.95. The van der Waals surface area contributed by atoms with E-state index in [4.69, 9.17) is 11.3 Å². The van der Waals surface area contributed by atoms with Crippen LogP contribution in [0.1, 0.15) is 20.8 Å². The van der Waals surface area contributed by atoms with Gasteiger partial charge in [0, 0.05) is 0 Å². The molecule has 0 fully saturated rings. The lowest BCUT2D eigenvalue weighted by Gasteiger charge is -2.21. The molecule has 0 radical (unpaired) electrons. The molecule has 0 aliphatic rings. The lowest BCUT2D eigenvalue weighted by atomic mass is 10.1. The number of nitrogens with zero attached hydrogens (tertiary/aromatic N) is 3. The van der Waals surface area contributed by atoms with Gasteiger partial charge in [0.15, 0.2) is 5.52 Å². The normalized spacial score (nSPS) is 11.3. The number of rotatable bonds is 1. The van der Waals surface area contributed by atoms with E-state index in [0.29, 0.717) is 16.9 Å². The smallest absolute Gasteiger partial charge is 0.419 e. The number of carbonyl (C=O) groups is 1. The van der Waals surface area contributed by atoms with Gasteiger partial charge in [-0.2, -0.15) is 0 Å². The van der Waals surface area contributed by atoms with Crippen molar-refractivity contribution < 1.29 is 9.53 Å². The fraction of sp³-hybridized carbons (Fsp3) is 0.211. The molecule has 3 rings (SSSR count). The molecule has 25 heavy (non-hydrogen) atoms. The van der Waals surface area contributed by atoms with Crippen LogP contribution in [0.15, 0.2) is 42.5 Å². The van der Waals surface area contributed by atoms with Crippen molar-refractivity contribution in [2.45, 2.75) is 26.4 Å². The third-order valence-corrected chi connectivity index (χ3v) is 4.50. The highest BCUT2D eigenvalue weighted by Crippen LogP contribution is 2.35. The molecule has 3 aromatic rings. The first-order valence-electron chi connectivity index (χ1n) is 7.69. The molecule has 0 atom stereocenters. The van der Waals surface area contributed by atoms with Crippen molar-refractivity contribution in [2.24, 2.45) is 0 Å². The zero-order chi connectivity index (χ0) is 18.2. The molecule has 2 heterocycles. The van der Waals surface area contributed by atoms with E-state index in [1.807, 2.05) is 51.1 Å². The van der Waals surface area contributed by atoms with Crippen LogP contribution in [0.3, 0.4) is 0 Å². The molecule has 0 saturated carbocycles. The van der Waals surface area contributed by atoms with Crippen LogP contribution in [-0.4, -0.2) is 21.2 Å². The van der Waals surface area contributed by atoms with Crippen LogP contribution in [0.2, 0.25) is 0 Å². The topological polar surface area (TPSA) is 48.5 Å². The van der Waals surface area contributed by atoms with Gasteiger partial charge in [-0.15, -0.1) is 4.98 Å². The summed E-state index contributed by atoms with van der Waals surface area (Å²) in [6.07, 6.45) is -0.461. The van der Waals surface area contributed by atoms with Gasteiger partial charge in [0.1, 0.15) is 11.1 Å². The van der Waals surface area contributed by atoms with Gasteiger partial charge in [-0.05, 0) is 61.1 Å². The second kappa shape index (κ2) is 6.48. The van der Waals surface area contributed by atoms with Gasteiger partial charge >= 0.3 is 6.09 Å². The molecule has 0 unspecified atom stereocenters. The summed E-state index contributed by atoms with van der Waals surface area (Å²) in [5, 5.41) is 0. The van der Waals surface area contributed by atoms with Gasteiger partial charge in [-0.25, -0.2) is 9.36 Å². The van der Waals surface area contributed by atoms with E-state index in [9.17, 15) is 4.79 Å². The molecule has 1 aromatic carbocycles. The molecule has 0 spiro atoms. The minimum atomic E-state index is -0.614. The number of benzene rings is 1. The summed E-state index contributed by atoms with van der Waals surface area (Å²) in [7, 11) is 0. The SMILES string of the molecule is [C-]#[N+]c1ccc2c(n1)c(I)c(-c1ccccc1)n2C(=O)OC(C)(C)C. The molecule has 0 saturated heterocycles. The van der Waals surface area contributed by atoms with Crippen molar-refractivity contribution in [3.05, 3.63) is 57.5 Å². The summed E-state index contributed by atoms with van der Waals surface area (Å²) in [5.74, 6) is 0.298. The molecule has 2 aromatic heterocycles. The summed E-state index contributed by atoms with van der Waals surface area (Å²) in [4.78, 5) is 20.7. The van der Waals surface area contributed by atoms with E-state index in [2.05, 4.69) is 32.4 Å². The van der Waals surface area contributed by atoms with E-state index in [0.717, 1.165) is 14.8 Å². The molecular weight excluding hydrogens is 429 g/mol. The zero-order valence-electron chi connectivity index (χ0n) is 14.1. The lowest BCUT2D eigenvalue weighted by Crippen LogP contribution is -2.27. The van der Waals surface area contributed by atoms with Crippen LogP contribution in [-0.2, 0) is 4.74 Å². The Bertz CT molecular complexity index is 995. The average molecular weight is 445 g/mol. The van der Waals surface area contributed by atoms with Crippen molar-refractivity contribution in [3.63, 3.8) is 0 Å². The van der Waals surface area contributed by atoms with Crippen LogP contribution in [0.5, 0.6) is 0 Å². The summed E-state index contributed by atoms with van der Waals surface area (Å²) in [6.45, 7) is 12.7. The summed E-state index contributed by atoms with van der Waals surface area (Å²) in [5.41, 5.74) is 2.25. The number of fused-ring (bicyclic) bond motifs is 1. The molecule has 0 aliphatic heterocycles. The monoisotopic (exact) mass is 445 g/mol. The standard InChI is InChI=1S/C19H16IN3O2/c1-19(2,3)25-18(24)23-13-10-11-14(21-4)22-16(13)15(20)17(23)12-8-6-5-7-9-12/h5-11H,1-3H3. The minimum Gasteiger partial charge on any atom is -0.443 e. The first-order chi connectivity index (χ1) is 11.8. The third-order valence-electron chi connectivity index (χ3n) is 3.48. The maximum absolute atomic E-state index is 12.9. The van der Waals surface area contributed by atoms with E-state index in [1.165, 1.54) is 0 Å². The van der Waals surface area contributed by atoms with Crippen LogP contribution < -0.4 is 0 Å². The Balaban J connectivity index is 2.32. The van der Waals surface area contributed by atoms with E-state index in [-0.39, 0.29) is 0 Å². The third kappa shape index (κ3) is 3.37. The van der Waals surface area contributed by atoms with Crippen molar-refractivity contribution >= 4 is 45.5 Å². The highest BCUT2D eigenvalue weighted by atomic mass is 127. The maximum atomic E-state index is 12.9. The Labute approximate surface area is 159 Å². The van der Waals surface area contributed by atoms with Gasteiger partial charge in [-0.1, -0.05) is 36.9 Å². The van der Waals surface area contributed by atoms with Crippen LogP contribution in [0.4, 0.5) is 10.6 Å². The number of hydrogen-bond donors (Lipinski definition) is 0. The predicted molar refractivity (Wildman–Crippen MR) is 106 cm³/mol. The Hall–Kier alpha value is -2.40. The average Bonchev–Trinajstić information content (AvgIpc) is 2.86. The lowest BCUT2D eigenvalue weighted by molar-refractivity contribution is 0.0547. The molecule has 0 aliphatic carbocycles. The van der Waals surface area contributed by atoms with Crippen LogP contribution in [0, 0.1) is 10.1 Å². The van der Waals surface area contributed by atoms with Gasteiger partial charge in [0.2, 0.25) is 0 Å². The summed E-state index contributed by atoms with van der Waals surface area (Å²) in [6, 6.07) is 13.0. The minimum absolute atomic E-state index is 0.298. The highest BCUT2D eigenvalue weighted by Gasteiger charge is 2.27. The molecule has 0 amide bonds. The quantitative estimate of drug-likeness (QED) is 0.360. The Morgan fingerprint density at radius 1 is 1.20 bits per heavy atom. The van der Waals surface area contributed by atoms with E-state index in [1.54, 1.807) is 16.7 Å². The molecule has 5 nitrogen and oxygen atoms in total.